The molecule has 0 spiro atoms. The number of nitrogens with zero attached hydrogens (tertiary/aromatic N) is 1. The topological polar surface area (TPSA) is 61.2 Å². The first-order valence-corrected chi connectivity index (χ1v) is 17.8. The van der Waals surface area contributed by atoms with Crippen LogP contribution >= 0.6 is 0 Å². The van der Waals surface area contributed by atoms with E-state index >= 15 is 0 Å². The Labute approximate surface area is 295 Å². The minimum Gasteiger partial charge on any atom is -0.508 e. The number of phenols is 2. The van der Waals surface area contributed by atoms with Crippen molar-refractivity contribution in [2.45, 2.75) is 32.6 Å². The number of phenolic OH excluding ortho intramolecular Hbond substituents is 2. The van der Waals surface area contributed by atoms with E-state index < -0.39 is 0 Å². The maximum atomic E-state index is 10.3. The van der Waals surface area contributed by atoms with E-state index in [0.29, 0.717) is 0 Å². The standard InChI is InChI=1S/C47H36N2O2/c1-28-30-14-15-35-21-29(22-42-40-26-33(16-19-44(40)48-46(35)42)31-7-5-11-37(50)23-31)13-18-39(28)47-43(25-30)41-27-34(32-8-6-12-38(51)24-32)17-20-45(41)49(47)36-9-3-2-4-10-36/h2-12,16-17,19-27,48,50-51H,13-15,18H2,1H3. The third-order valence-corrected chi connectivity index (χ3v) is 11.1. The van der Waals surface area contributed by atoms with Gasteiger partial charge in [-0.25, -0.2) is 0 Å². The molecule has 0 amide bonds. The summed E-state index contributed by atoms with van der Waals surface area (Å²) in [7, 11) is 0. The van der Waals surface area contributed by atoms with Crippen LogP contribution in [0.25, 0.3) is 71.6 Å². The lowest BCUT2D eigenvalue weighted by atomic mass is 9.88. The van der Waals surface area contributed by atoms with Gasteiger partial charge in [-0.15, -0.1) is 0 Å². The molecule has 1 aliphatic carbocycles. The molecule has 10 rings (SSSR count). The molecule has 7 aromatic carbocycles. The Bertz CT molecular complexity index is 2840. The molecule has 1 aliphatic rings. The van der Waals surface area contributed by atoms with Gasteiger partial charge in [-0.05, 0) is 155 Å². The molecule has 0 radical (unpaired) electrons. The molecule has 0 aliphatic heterocycles. The van der Waals surface area contributed by atoms with E-state index in [1.807, 2.05) is 24.3 Å². The Morgan fingerprint density at radius 3 is 1.96 bits per heavy atom. The summed E-state index contributed by atoms with van der Waals surface area (Å²) in [6, 6.07) is 46.4. The highest BCUT2D eigenvalue weighted by Crippen LogP contribution is 2.41. The Kier molecular flexibility index (Phi) is 6.62. The number of aromatic nitrogens is 2. The van der Waals surface area contributed by atoms with Gasteiger partial charge < -0.3 is 19.8 Å². The van der Waals surface area contributed by atoms with Crippen LogP contribution in [0.3, 0.4) is 0 Å². The van der Waals surface area contributed by atoms with Gasteiger partial charge in [-0.2, -0.15) is 0 Å². The van der Waals surface area contributed by atoms with Crippen LogP contribution in [0.4, 0.5) is 0 Å². The van der Waals surface area contributed by atoms with Crippen LogP contribution in [-0.2, 0) is 25.7 Å². The van der Waals surface area contributed by atoms with Gasteiger partial charge in [0.15, 0.2) is 0 Å². The number of benzene rings is 7. The molecule has 0 saturated heterocycles. The molecule has 9 aromatic rings. The first kappa shape index (κ1) is 29.6. The largest absolute Gasteiger partial charge is 0.508 e. The van der Waals surface area contributed by atoms with E-state index in [9.17, 15) is 10.2 Å². The van der Waals surface area contributed by atoms with Gasteiger partial charge in [0.1, 0.15) is 11.5 Å². The number of aromatic hydroxyl groups is 2. The second-order valence-electron chi connectivity index (χ2n) is 14.1. The summed E-state index contributed by atoms with van der Waals surface area (Å²) in [6.07, 6.45) is 3.75. The predicted octanol–water partition coefficient (Wildman–Crippen LogP) is 11.4. The summed E-state index contributed by atoms with van der Waals surface area (Å²) in [6.45, 7) is 2.33. The zero-order valence-electron chi connectivity index (χ0n) is 28.4. The number of H-pyrrole nitrogens is 1. The molecule has 3 N–H and O–H groups in total. The SMILES string of the molecule is Cc1c2cc3c4cc(-c5cccc(O)c5)ccc4n(-c4ccccc4)c3c1CCc1cc(c3[nH]c4ccc(-c5cccc(O)c5)cc4c3c1)CC2. The van der Waals surface area contributed by atoms with Crippen molar-refractivity contribution in [3.05, 3.63) is 161 Å². The molecule has 2 aromatic heterocycles. The highest BCUT2D eigenvalue weighted by molar-refractivity contribution is 6.12. The van der Waals surface area contributed by atoms with Crippen molar-refractivity contribution in [1.29, 1.82) is 0 Å². The summed E-state index contributed by atoms with van der Waals surface area (Å²) in [4.78, 5) is 3.78. The average Bonchev–Trinajstić information content (AvgIpc) is 3.68. The molecule has 4 bridgehead atoms. The molecular weight excluding hydrogens is 625 g/mol. The van der Waals surface area contributed by atoms with Crippen LogP contribution < -0.4 is 0 Å². The van der Waals surface area contributed by atoms with Crippen molar-refractivity contribution >= 4 is 43.6 Å². The van der Waals surface area contributed by atoms with Crippen LogP contribution in [0.1, 0.15) is 27.8 Å². The van der Waals surface area contributed by atoms with Crippen molar-refractivity contribution in [2.24, 2.45) is 0 Å². The lowest BCUT2D eigenvalue weighted by Gasteiger charge is -2.19. The highest BCUT2D eigenvalue weighted by atomic mass is 16.3. The van der Waals surface area contributed by atoms with Gasteiger partial charge in [0.2, 0.25) is 0 Å². The molecule has 2 heterocycles. The Morgan fingerprint density at radius 2 is 1.22 bits per heavy atom. The lowest BCUT2D eigenvalue weighted by molar-refractivity contribution is 0.475. The van der Waals surface area contributed by atoms with Gasteiger partial charge in [0.25, 0.3) is 0 Å². The summed E-state index contributed by atoms with van der Waals surface area (Å²) in [5.41, 5.74) is 17.1. The van der Waals surface area contributed by atoms with Crippen molar-refractivity contribution in [3.63, 3.8) is 0 Å². The Hall–Kier alpha value is -6.26. The first-order chi connectivity index (χ1) is 25.0. The van der Waals surface area contributed by atoms with Crippen molar-refractivity contribution in [2.75, 3.05) is 0 Å². The summed E-state index contributed by atoms with van der Waals surface area (Å²) < 4.78 is 2.46. The fourth-order valence-corrected chi connectivity index (χ4v) is 8.57. The fourth-order valence-electron chi connectivity index (χ4n) is 8.57. The number of hydrogen-bond acceptors (Lipinski definition) is 2. The van der Waals surface area contributed by atoms with E-state index in [1.54, 1.807) is 12.1 Å². The second-order valence-corrected chi connectivity index (χ2v) is 14.1. The summed E-state index contributed by atoms with van der Waals surface area (Å²) in [5, 5.41) is 25.4. The van der Waals surface area contributed by atoms with Gasteiger partial charge in [0.05, 0.1) is 11.0 Å². The van der Waals surface area contributed by atoms with E-state index in [4.69, 9.17) is 0 Å². The molecule has 0 saturated carbocycles. The maximum Gasteiger partial charge on any atom is 0.116 e. The number of nitrogens with one attached hydrogen (secondary N) is 1. The second kappa shape index (κ2) is 11.4. The van der Waals surface area contributed by atoms with Gasteiger partial charge in [0, 0.05) is 38.3 Å². The molecule has 4 heteroatoms. The summed E-state index contributed by atoms with van der Waals surface area (Å²) >= 11 is 0. The number of aryl methyl sites for hydroxylation is 4. The van der Waals surface area contributed by atoms with Crippen molar-refractivity contribution in [1.82, 2.24) is 9.55 Å². The van der Waals surface area contributed by atoms with Crippen LogP contribution in [-0.4, -0.2) is 19.8 Å². The fraction of sp³-hybridized carbons (Fsp3) is 0.106. The third kappa shape index (κ3) is 4.82. The van der Waals surface area contributed by atoms with Crippen molar-refractivity contribution < 1.29 is 10.2 Å². The molecule has 4 nitrogen and oxygen atoms in total. The number of fused-ring (bicyclic) bond motifs is 12. The van der Waals surface area contributed by atoms with E-state index in [-0.39, 0.29) is 11.5 Å². The smallest absolute Gasteiger partial charge is 0.116 e. The number of hydrogen-bond donors (Lipinski definition) is 3. The molecule has 246 valence electrons. The molecular formula is C47H36N2O2. The predicted molar refractivity (Wildman–Crippen MR) is 210 cm³/mol. The first-order valence-electron chi connectivity index (χ1n) is 17.8. The molecule has 51 heavy (non-hydrogen) atoms. The lowest BCUT2D eigenvalue weighted by Crippen LogP contribution is -2.06. The van der Waals surface area contributed by atoms with Gasteiger partial charge in [-0.1, -0.05) is 60.7 Å². The quantitative estimate of drug-likeness (QED) is 0.177. The zero-order chi connectivity index (χ0) is 34.2. The van der Waals surface area contributed by atoms with Crippen LogP contribution in [0.5, 0.6) is 11.5 Å². The third-order valence-electron chi connectivity index (χ3n) is 11.1. The minimum absolute atomic E-state index is 0.276. The average molecular weight is 661 g/mol. The number of para-hydroxylation sites is 1. The van der Waals surface area contributed by atoms with E-state index in [1.165, 1.54) is 65.9 Å². The van der Waals surface area contributed by atoms with Crippen molar-refractivity contribution in [3.8, 4) is 39.4 Å². The summed E-state index contributed by atoms with van der Waals surface area (Å²) in [5.74, 6) is 0.555. The zero-order valence-corrected chi connectivity index (χ0v) is 28.4. The van der Waals surface area contributed by atoms with Crippen LogP contribution in [0, 0.1) is 6.92 Å². The maximum absolute atomic E-state index is 10.3. The van der Waals surface area contributed by atoms with E-state index in [0.717, 1.165) is 59.1 Å². The molecule has 0 atom stereocenters. The monoisotopic (exact) mass is 660 g/mol. The molecule has 0 unspecified atom stereocenters. The van der Waals surface area contributed by atoms with Gasteiger partial charge in [-0.3, -0.25) is 0 Å². The minimum atomic E-state index is 0.276. The normalized spacial score (nSPS) is 13.0. The van der Waals surface area contributed by atoms with E-state index in [2.05, 4.69) is 114 Å². The van der Waals surface area contributed by atoms with Gasteiger partial charge >= 0.3 is 0 Å². The number of aromatic amines is 1. The highest BCUT2D eigenvalue weighted by Gasteiger charge is 2.22. The van der Waals surface area contributed by atoms with Crippen LogP contribution in [0.2, 0.25) is 0 Å². The molecule has 0 fully saturated rings. The Morgan fingerprint density at radius 1 is 0.529 bits per heavy atom. The number of rotatable bonds is 3. The van der Waals surface area contributed by atoms with Crippen LogP contribution in [0.15, 0.2) is 133 Å². The Balaban J connectivity index is 1.16.